The first-order valence-corrected chi connectivity index (χ1v) is 8.68. The number of aromatic nitrogens is 2. The third-order valence-electron chi connectivity index (χ3n) is 2.74. The van der Waals surface area contributed by atoms with Crippen LogP contribution in [0.1, 0.15) is 12.5 Å². The number of nitrogens with zero attached hydrogens (tertiary/aromatic N) is 2. The summed E-state index contributed by atoms with van der Waals surface area (Å²) in [5.74, 6) is -0.145. The first-order chi connectivity index (χ1) is 9.85. The van der Waals surface area contributed by atoms with Gasteiger partial charge in [-0.1, -0.05) is 29.3 Å². The Morgan fingerprint density at radius 3 is 2.71 bits per heavy atom. The quantitative estimate of drug-likeness (QED) is 0.873. The number of benzene rings is 1. The second kappa shape index (κ2) is 6.79. The minimum absolute atomic E-state index is 0.145. The molecule has 0 spiro atoms. The van der Waals surface area contributed by atoms with Crippen molar-refractivity contribution in [3.8, 4) is 0 Å². The largest absolute Gasteiger partial charge is 0.271 e. The van der Waals surface area contributed by atoms with Gasteiger partial charge in [0.1, 0.15) is 0 Å². The second-order valence-corrected chi connectivity index (χ2v) is 7.32. The summed E-state index contributed by atoms with van der Waals surface area (Å²) in [4.78, 5) is 0. The molecule has 0 unspecified atom stereocenters. The summed E-state index contributed by atoms with van der Waals surface area (Å²) in [6.45, 7) is 2.25. The Hall–Kier alpha value is -1.08. The molecular formula is C13H15Cl2N3O2S. The van der Waals surface area contributed by atoms with Crippen molar-refractivity contribution in [2.24, 2.45) is 0 Å². The van der Waals surface area contributed by atoms with E-state index in [0.29, 0.717) is 22.2 Å². The van der Waals surface area contributed by atoms with Crippen LogP contribution in [-0.4, -0.2) is 24.2 Å². The van der Waals surface area contributed by atoms with Gasteiger partial charge in [0.15, 0.2) is 0 Å². The zero-order valence-electron chi connectivity index (χ0n) is 11.3. The summed E-state index contributed by atoms with van der Waals surface area (Å²) in [6.07, 6.45) is 3.43. The molecule has 21 heavy (non-hydrogen) atoms. The summed E-state index contributed by atoms with van der Waals surface area (Å²) in [6, 6.07) is 6.31. The van der Waals surface area contributed by atoms with Gasteiger partial charge in [0.05, 0.1) is 22.3 Å². The topological polar surface area (TPSA) is 64.0 Å². The van der Waals surface area contributed by atoms with Gasteiger partial charge in [-0.05, 0) is 30.7 Å². The third kappa shape index (κ3) is 5.00. The molecule has 0 saturated carbocycles. The Morgan fingerprint density at radius 2 is 2.10 bits per heavy atom. The lowest BCUT2D eigenvalue weighted by atomic mass is 10.2. The van der Waals surface area contributed by atoms with Gasteiger partial charge in [-0.2, -0.15) is 5.10 Å². The fraction of sp³-hybridized carbons (Fsp3) is 0.308. The highest BCUT2D eigenvalue weighted by Crippen LogP contribution is 2.23. The number of nitrogens with one attached hydrogen (secondary N) is 1. The van der Waals surface area contributed by atoms with Gasteiger partial charge in [0, 0.05) is 18.4 Å². The van der Waals surface area contributed by atoms with Gasteiger partial charge in [-0.25, -0.2) is 13.1 Å². The van der Waals surface area contributed by atoms with Crippen LogP contribution in [0, 0.1) is 0 Å². The molecular weight excluding hydrogens is 333 g/mol. The molecule has 1 aromatic heterocycles. The monoisotopic (exact) mass is 347 g/mol. The van der Waals surface area contributed by atoms with Crippen LogP contribution in [0.15, 0.2) is 36.7 Å². The molecule has 0 fully saturated rings. The van der Waals surface area contributed by atoms with Gasteiger partial charge in [0.25, 0.3) is 0 Å². The van der Waals surface area contributed by atoms with E-state index in [0.717, 1.165) is 0 Å². The van der Waals surface area contributed by atoms with Crippen molar-refractivity contribution in [3.63, 3.8) is 0 Å². The molecule has 0 saturated heterocycles. The van der Waals surface area contributed by atoms with Gasteiger partial charge < -0.3 is 0 Å². The fourth-order valence-electron chi connectivity index (χ4n) is 1.92. The molecule has 8 heteroatoms. The summed E-state index contributed by atoms with van der Waals surface area (Å²) in [5, 5.41) is 4.78. The molecule has 2 rings (SSSR count). The highest BCUT2D eigenvalue weighted by atomic mass is 35.5. The van der Waals surface area contributed by atoms with Crippen LogP contribution < -0.4 is 4.72 Å². The van der Waals surface area contributed by atoms with Gasteiger partial charge in [-0.3, -0.25) is 4.68 Å². The van der Waals surface area contributed by atoms with Gasteiger partial charge in [0.2, 0.25) is 10.0 Å². The van der Waals surface area contributed by atoms with Crippen molar-refractivity contribution in [1.29, 1.82) is 0 Å². The van der Waals surface area contributed by atoms with Crippen LogP contribution in [0.5, 0.6) is 0 Å². The van der Waals surface area contributed by atoms with Crippen molar-refractivity contribution in [2.45, 2.75) is 25.3 Å². The third-order valence-corrected chi connectivity index (χ3v) is 4.96. The van der Waals surface area contributed by atoms with Crippen LogP contribution in [0.2, 0.25) is 10.0 Å². The molecule has 114 valence electrons. The lowest BCUT2D eigenvalue weighted by Crippen LogP contribution is -2.36. The van der Waals surface area contributed by atoms with E-state index in [2.05, 4.69) is 9.82 Å². The Morgan fingerprint density at radius 1 is 1.33 bits per heavy atom. The summed E-state index contributed by atoms with van der Waals surface area (Å²) in [7, 11) is -3.46. The van der Waals surface area contributed by atoms with Crippen molar-refractivity contribution in [2.75, 3.05) is 0 Å². The lowest BCUT2D eigenvalue weighted by molar-refractivity contribution is 0.493. The Kier molecular flexibility index (Phi) is 5.27. The number of hydrogen-bond acceptors (Lipinski definition) is 3. The number of halogens is 2. The molecule has 1 N–H and O–H groups in total. The predicted octanol–water partition coefficient (Wildman–Crippen LogP) is 2.70. The van der Waals surface area contributed by atoms with E-state index in [-0.39, 0.29) is 11.8 Å². The molecule has 1 heterocycles. The lowest BCUT2D eigenvalue weighted by Gasteiger charge is -2.14. The smallest absolute Gasteiger partial charge is 0.216 e. The van der Waals surface area contributed by atoms with Crippen LogP contribution in [0.3, 0.4) is 0 Å². The standard InChI is InChI=1S/C13H15Cl2N3O2S/c1-10(8-18-6-2-5-16-18)17-21(19,20)9-11-3-4-12(14)13(15)7-11/h2-7,10,17H,8-9H2,1H3/t10-/m0/s1. The Bertz CT molecular complexity index is 702. The molecule has 0 radical (unpaired) electrons. The molecule has 0 aliphatic rings. The van der Waals surface area contributed by atoms with Crippen LogP contribution in [0.25, 0.3) is 0 Å². The maximum absolute atomic E-state index is 12.1. The van der Waals surface area contributed by atoms with Crippen LogP contribution in [0.4, 0.5) is 0 Å². The molecule has 1 atom stereocenters. The molecule has 0 aliphatic heterocycles. The predicted molar refractivity (Wildman–Crippen MR) is 83.9 cm³/mol. The van der Waals surface area contributed by atoms with E-state index in [1.54, 1.807) is 48.3 Å². The molecule has 2 aromatic rings. The minimum atomic E-state index is -3.46. The maximum atomic E-state index is 12.1. The van der Waals surface area contributed by atoms with Gasteiger partial charge in [-0.15, -0.1) is 0 Å². The van der Waals surface area contributed by atoms with E-state index >= 15 is 0 Å². The number of hydrogen-bond donors (Lipinski definition) is 1. The molecule has 0 aliphatic carbocycles. The van der Waals surface area contributed by atoms with E-state index in [9.17, 15) is 8.42 Å². The van der Waals surface area contributed by atoms with Crippen molar-refractivity contribution in [3.05, 3.63) is 52.3 Å². The molecule has 5 nitrogen and oxygen atoms in total. The highest BCUT2D eigenvalue weighted by molar-refractivity contribution is 7.88. The zero-order chi connectivity index (χ0) is 15.5. The Labute approximate surface area is 133 Å². The normalized spacial score (nSPS) is 13.3. The summed E-state index contributed by atoms with van der Waals surface area (Å²) >= 11 is 11.7. The van der Waals surface area contributed by atoms with Gasteiger partial charge >= 0.3 is 0 Å². The van der Waals surface area contributed by atoms with E-state index in [1.807, 2.05) is 0 Å². The molecule has 1 aromatic carbocycles. The SMILES string of the molecule is C[C@@H](Cn1cccn1)NS(=O)(=O)Cc1ccc(Cl)c(Cl)c1. The zero-order valence-corrected chi connectivity index (χ0v) is 13.7. The number of rotatable bonds is 6. The number of sulfonamides is 1. The first kappa shape index (κ1) is 16.3. The Balaban J connectivity index is 1.99. The van der Waals surface area contributed by atoms with E-state index in [1.165, 1.54) is 0 Å². The fourth-order valence-corrected chi connectivity index (χ4v) is 3.63. The second-order valence-electron chi connectivity index (χ2n) is 4.75. The first-order valence-electron chi connectivity index (χ1n) is 6.27. The minimum Gasteiger partial charge on any atom is -0.271 e. The van der Waals surface area contributed by atoms with E-state index in [4.69, 9.17) is 23.2 Å². The maximum Gasteiger partial charge on any atom is 0.216 e. The van der Waals surface area contributed by atoms with Crippen LogP contribution >= 0.6 is 23.2 Å². The molecule has 0 amide bonds. The van der Waals surface area contributed by atoms with Crippen molar-refractivity contribution in [1.82, 2.24) is 14.5 Å². The van der Waals surface area contributed by atoms with Crippen molar-refractivity contribution >= 4 is 33.2 Å². The summed E-state index contributed by atoms with van der Waals surface area (Å²) in [5.41, 5.74) is 0.586. The highest BCUT2D eigenvalue weighted by Gasteiger charge is 2.16. The summed E-state index contributed by atoms with van der Waals surface area (Å²) < 4.78 is 28.5. The average Bonchev–Trinajstić information content (AvgIpc) is 2.85. The van der Waals surface area contributed by atoms with Crippen molar-refractivity contribution < 1.29 is 8.42 Å². The van der Waals surface area contributed by atoms with E-state index < -0.39 is 10.0 Å². The van der Waals surface area contributed by atoms with Crippen LogP contribution in [-0.2, 0) is 22.3 Å². The average molecular weight is 348 g/mol. The molecule has 0 bridgehead atoms.